The smallest absolute Gasteiger partial charge is 0.354 e. The molecule has 3 aromatic rings. The Bertz CT molecular complexity index is 1080. The van der Waals surface area contributed by atoms with Crippen molar-refractivity contribution in [2.75, 3.05) is 19.0 Å². The van der Waals surface area contributed by atoms with Crippen LogP contribution in [0.5, 0.6) is 0 Å². The maximum absolute atomic E-state index is 14.1. The molecule has 0 fully saturated rings. The van der Waals surface area contributed by atoms with Crippen molar-refractivity contribution in [2.45, 2.75) is 19.3 Å². The number of rotatable bonds is 5. The van der Waals surface area contributed by atoms with Gasteiger partial charge in [-0.05, 0) is 50.2 Å². The van der Waals surface area contributed by atoms with E-state index in [0.29, 0.717) is 17.1 Å². The summed E-state index contributed by atoms with van der Waals surface area (Å²) in [5, 5.41) is 9.35. The first-order valence-corrected chi connectivity index (χ1v) is 8.83. The summed E-state index contributed by atoms with van der Waals surface area (Å²) < 4.78 is 27.3. The van der Waals surface area contributed by atoms with E-state index in [1.54, 1.807) is 24.3 Å². The van der Waals surface area contributed by atoms with Crippen molar-refractivity contribution in [3.05, 3.63) is 71.4 Å². The topological polar surface area (TPSA) is 79.2 Å². The van der Waals surface area contributed by atoms with E-state index >= 15 is 0 Å². The van der Waals surface area contributed by atoms with Gasteiger partial charge >= 0.3 is 5.97 Å². The van der Waals surface area contributed by atoms with Crippen molar-refractivity contribution in [3.8, 4) is 11.3 Å². The Labute approximate surface area is 166 Å². The number of carboxylic acid groups (broad SMARTS) is 1. The van der Waals surface area contributed by atoms with Crippen molar-refractivity contribution < 1.29 is 18.7 Å². The van der Waals surface area contributed by atoms with E-state index in [1.807, 2.05) is 32.8 Å². The molecule has 3 heterocycles. The molecule has 0 saturated carbocycles. The lowest BCUT2D eigenvalue weighted by atomic mass is 9.83. The molecule has 29 heavy (non-hydrogen) atoms. The van der Waals surface area contributed by atoms with Crippen LogP contribution in [0.3, 0.4) is 0 Å². The Morgan fingerprint density at radius 3 is 2.34 bits per heavy atom. The van der Waals surface area contributed by atoms with Crippen molar-refractivity contribution >= 4 is 11.7 Å². The zero-order valence-corrected chi connectivity index (χ0v) is 16.4. The van der Waals surface area contributed by atoms with Gasteiger partial charge in [-0.1, -0.05) is 6.07 Å². The lowest BCUT2D eigenvalue weighted by Gasteiger charge is -2.29. The SMILES string of the molecule is CN(C)c1ccc(C(=O)O)nc1C(C)(C)c1cccc(-c2ccc(F)nc2F)n1. The van der Waals surface area contributed by atoms with E-state index in [4.69, 9.17) is 0 Å². The van der Waals surface area contributed by atoms with Gasteiger partial charge in [-0.25, -0.2) is 9.78 Å². The van der Waals surface area contributed by atoms with Crippen LogP contribution >= 0.6 is 0 Å². The van der Waals surface area contributed by atoms with Crippen molar-refractivity contribution in [1.29, 1.82) is 0 Å². The Morgan fingerprint density at radius 2 is 1.72 bits per heavy atom. The first-order valence-electron chi connectivity index (χ1n) is 8.83. The second-order valence-corrected chi connectivity index (χ2v) is 7.27. The fourth-order valence-electron chi connectivity index (χ4n) is 3.05. The number of halogens is 2. The van der Waals surface area contributed by atoms with Crippen LogP contribution in [0, 0.1) is 11.9 Å². The van der Waals surface area contributed by atoms with Crippen LogP contribution in [-0.4, -0.2) is 40.1 Å². The maximum atomic E-state index is 14.1. The minimum absolute atomic E-state index is 0.0733. The van der Waals surface area contributed by atoms with Crippen LogP contribution in [0.1, 0.15) is 35.7 Å². The molecular formula is C21H20F2N4O2. The lowest BCUT2D eigenvalue weighted by molar-refractivity contribution is 0.0690. The van der Waals surface area contributed by atoms with Gasteiger partial charge in [0.2, 0.25) is 11.9 Å². The minimum Gasteiger partial charge on any atom is -0.477 e. The predicted molar refractivity (Wildman–Crippen MR) is 105 cm³/mol. The molecule has 0 aliphatic heterocycles. The molecule has 0 spiro atoms. The standard InChI is InChI=1S/C21H20F2N4O2/c1-21(2,18-15(27(3)4)10-9-14(25-18)20(28)29)16-7-5-6-13(24-16)12-8-11-17(22)26-19(12)23/h5-11H,1-4H3,(H,28,29). The number of pyridine rings is 3. The highest BCUT2D eigenvalue weighted by molar-refractivity contribution is 5.86. The summed E-state index contributed by atoms with van der Waals surface area (Å²) in [6.07, 6.45) is 0. The zero-order valence-electron chi connectivity index (χ0n) is 16.4. The normalized spacial score (nSPS) is 11.4. The largest absolute Gasteiger partial charge is 0.477 e. The minimum atomic E-state index is -1.13. The molecule has 8 heteroatoms. The highest BCUT2D eigenvalue weighted by atomic mass is 19.1. The van der Waals surface area contributed by atoms with E-state index < -0.39 is 23.3 Å². The third kappa shape index (κ3) is 3.91. The van der Waals surface area contributed by atoms with Gasteiger partial charge in [0.15, 0.2) is 0 Å². The van der Waals surface area contributed by atoms with E-state index in [-0.39, 0.29) is 11.3 Å². The third-order valence-corrected chi connectivity index (χ3v) is 4.65. The van der Waals surface area contributed by atoms with Crippen molar-refractivity contribution in [3.63, 3.8) is 0 Å². The number of hydrogen-bond donors (Lipinski definition) is 1. The van der Waals surface area contributed by atoms with E-state index in [0.717, 1.165) is 11.8 Å². The quantitative estimate of drug-likeness (QED) is 0.657. The van der Waals surface area contributed by atoms with Crippen LogP contribution in [0.2, 0.25) is 0 Å². The van der Waals surface area contributed by atoms with E-state index in [1.165, 1.54) is 12.1 Å². The van der Waals surface area contributed by atoms with Crippen LogP contribution in [0.4, 0.5) is 14.5 Å². The van der Waals surface area contributed by atoms with Crippen LogP contribution < -0.4 is 4.90 Å². The highest BCUT2D eigenvalue weighted by Gasteiger charge is 2.31. The number of nitrogens with zero attached hydrogens (tertiary/aromatic N) is 4. The molecule has 0 aliphatic carbocycles. The van der Waals surface area contributed by atoms with E-state index in [9.17, 15) is 18.7 Å². The molecule has 150 valence electrons. The number of aromatic nitrogens is 3. The van der Waals surface area contributed by atoms with Crippen LogP contribution in [-0.2, 0) is 5.41 Å². The van der Waals surface area contributed by atoms with Gasteiger partial charge in [0.05, 0.1) is 33.7 Å². The number of carbonyl (C=O) groups is 1. The Morgan fingerprint density at radius 1 is 1.00 bits per heavy atom. The van der Waals surface area contributed by atoms with Crippen molar-refractivity contribution in [2.24, 2.45) is 0 Å². The molecule has 3 aromatic heterocycles. The van der Waals surface area contributed by atoms with E-state index in [2.05, 4.69) is 15.0 Å². The second kappa shape index (κ2) is 7.54. The Balaban J connectivity index is 2.15. The summed E-state index contributed by atoms with van der Waals surface area (Å²) >= 11 is 0. The summed E-state index contributed by atoms with van der Waals surface area (Å²) in [7, 11) is 3.67. The first kappa shape index (κ1) is 20.3. The van der Waals surface area contributed by atoms with Gasteiger partial charge in [0, 0.05) is 14.1 Å². The molecule has 0 aromatic carbocycles. The van der Waals surface area contributed by atoms with Gasteiger partial charge in [-0.3, -0.25) is 4.98 Å². The summed E-state index contributed by atoms with van der Waals surface area (Å²) in [5.74, 6) is -2.99. The molecule has 1 N–H and O–H groups in total. The second-order valence-electron chi connectivity index (χ2n) is 7.27. The molecule has 0 amide bonds. The number of carboxylic acids is 1. The average Bonchev–Trinajstić information content (AvgIpc) is 2.67. The summed E-state index contributed by atoms with van der Waals surface area (Å²) in [6, 6.07) is 10.6. The molecule has 3 rings (SSSR count). The summed E-state index contributed by atoms with van der Waals surface area (Å²) in [6.45, 7) is 3.72. The van der Waals surface area contributed by atoms with Crippen LogP contribution in [0.15, 0.2) is 42.5 Å². The van der Waals surface area contributed by atoms with Gasteiger partial charge in [-0.15, -0.1) is 0 Å². The molecule has 0 bridgehead atoms. The van der Waals surface area contributed by atoms with Gasteiger partial charge in [-0.2, -0.15) is 13.8 Å². The van der Waals surface area contributed by atoms with Crippen molar-refractivity contribution in [1.82, 2.24) is 15.0 Å². The molecule has 0 unspecified atom stereocenters. The maximum Gasteiger partial charge on any atom is 0.354 e. The Hall–Kier alpha value is -3.42. The molecular weight excluding hydrogens is 378 g/mol. The van der Waals surface area contributed by atoms with Gasteiger partial charge in [0.1, 0.15) is 5.69 Å². The number of aromatic carboxylic acids is 1. The number of hydrogen-bond acceptors (Lipinski definition) is 5. The Kier molecular flexibility index (Phi) is 5.28. The highest BCUT2D eigenvalue weighted by Crippen LogP contribution is 2.36. The molecule has 0 atom stereocenters. The first-order chi connectivity index (χ1) is 13.6. The molecule has 0 radical (unpaired) electrons. The number of anilines is 1. The zero-order chi connectivity index (χ0) is 21.3. The monoisotopic (exact) mass is 398 g/mol. The van der Waals surface area contributed by atoms with Gasteiger partial charge < -0.3 is 10.0 Å². The molecule has 0 aliphatic rings. The molecule has 0 saturated heterocycles. The fourth-order valence-corrected chi connectivity index (χ4v) is 3.05. The average molecular weight is 398 g/mol. The third-order valence-electron chi connectivity index (χ3n) is 4.65. The fraction of sp³-hybridized carbons (Fsp3) is 0.238. The van der Waals surface area contributed by atoms with Gasteiger partial charge in [0.25, 0.3) is 0 Å². The predicted octanol–water partition coefficient (Wildman–Crippen LogP) is 3.91. The summed E-state index contributed by atoms with van der Waals surface area (Å²) in [5.41, 5.74) is 1.29. The summed E-state index contributed by atoms with van der Waals surface area (Å²) in [4.78, 5) is 25.4. The van der Waals surface area contributed by atoms with Crippen LogP contribution in [0.25, 0.3) is 11.3 Å². The lowest BCUT2D eigenvalue weighted by Crippen LogP contribution is -2.27. The molecule has 6 nitrogen and oxygen atoms in total.